The Morgan fingerprint density at radius 3 is 2.72 bits per heavy atom. The van der Waals surface area contributed by atoms with Crippen molar-refractivity contribution in [2.45, 2.75) is 38.0 Å². The fraction of sp³-hybridized carbons (Fsp3) is 0.450. The van der Waals surface area contributed by atoms with Gasteiger partial charge in [-0.1, -0.05) is 18.6 Å². The van der Waals surface area contributed by atoms with Crippen LogP contribution in [0, 0.1) is 0 Å². The van der Waals surface area contributed by atoms with Crippen LogP contribution in [0.2, 0.25) is 0 Å². The monoisotopic (exact) mass is 333 g/mol. The zero-order valence-corrected chi connectivity index (χ0v) is 14.6. The number of imidazole rings is 1. The third kappa shape index (κ3) is 2.49. The third-order valence-corrected chi connectivity index (χ3v) is 5.65. The summed E-state index contributed by atoms with van der Waals surface area (Å²) in [6.45, 7) is 1.91. The van der Waals surface area contributed by atoms with Gasteiger partial charge in [0.15, 0.2) is 0 Å². The number of benzene rings is 1. The van der Waals surface area contributed by atoms with E-state index in [0.29, 0.717) is 5.92 Å². The van der Waals surface area contributed by atoms with Crippen LogP contribution in [0.4, 0.5) is 5.95 Å². The summed E-state index contributed by atoms with van der Waals surface area (Å²) in [5.74, 6) is 2.53. The van der Waals surface area contributed by atoms with Crippen molar-refractivity contribution in [1.29, 1.82) is 0 Å². The number of hydrogen-bond acceptors (Lipinski definition) is 4. The van der Waals surface area contributed by atoms with Crippen molar-refractivity contribution in [2.24, 2.45) is 7.05 Å². The van der Waals surface area contributed by atoms with Crippen LogP contribution in [0.15, 0.2) is 30.5 Å². The summed E-state index contributed by atoms with van der Waals surface area (Å²) in [5.41, 5.74) is 4.92. The smallest absolute Gasteiger partial charge is 0.225 e. The highest BCUT2D eigenvalue weighted by Gasteiger charge is 2.33. The van der Waals surface area contributed by atoms with Crippen molar-refractivity contribution >= 4 is 17.0 Å². The summed E-state index contributed by atoms with van der Waals surface area (Å²) < 4.78 is 2.23. The van der Waals surface area contributed by atoms with E-state index in [9.17, 15) is 0 Å². The summed E-state index contributed by atoms with van der Waals surface area (Å²) in [4.78, 5) is 16.6. The average Bonchev–Trinajstić information content (AvgIpc) is 2.78. The summed E-state index contributed by atoms with van der Waals surface area (Å²) in [7, 11) is 2.12. The second-order valence-electron chi connectivity index (χ2n) is 7.32. The molecule has 5 heteroatoms. The Hall–Kier alpha value is -2.43. The molecule has 2 aromatic heterocycles. The molecule has 1 aromatic carbocycles. The van der Waals surface area contributed by atoms with Crippen molar-refractivity contribution in [3.05, 3.63) is 47.5 Å². The van der Waals surface area contributed by atoms with Gasteiger partial charge in [0, 0.05) is 32.0 Å². The Morgan fingerprint density at radius 2 is 1.84 bits per heavy atom. The van der Waals surface area contributed by atoms with E-state index >= 15 is 0 Å². The Labute approximate surface area is 147 Å². The van der Waals surface area contributed by atoms with Crippen LogP contribution < -0.4 is 4.90 Å². The molecule has 3 aromatic rings. The lowest BCUT2D eigenvalue weighted by molar-refractivity contribution is 0.480. The van der Waals surface area contributed by atoms with Gasteiger partial charge in [-0.05, 0) is 43.4 Å². The minimum Gasteiger partial charge on any atom is -0.339 e. The van der Waals surface area contributed by atoms with E-state index in [4.69, 9.17) is 9.97 Å². The number of nitrogens with zero attached hydrogens (tertiary/aromatic N) is 5. The predicted octanol–water partition coefficient (Wildman–Crippen LogP) is 3.24. The molecule has 2 aliphatic rings. The van der Waals surface area contributed by atoms with Crippen molar-refractivity contribution in [3.8, 4) is 0 Å². The highest BCUT2D eigenvalue weighted by Crippen LogP contribution is 2.31. The largest absolute Gasteiger partial charge is 0.339 e. The molecule has 128 valence electrons. The molecular weight excluding hydrogens is 310 g/mol. The molecular formula is C20H23N5. The van der Waals surface area contributed by atoms with Gasteiger partial charge < -0.3 is 9.47 Å². The van der Waals surface area contributed by atoms with Crippen molar-refractivity contribution in [1.82, 2.24) is 19.5 Å². The summed E-state index contributed by atoms with van der Waals surface area (Å²) >= 11 is 0. The fourth-order valence-corrected chi connectivity index (χ4v) is 4.13. The standard InChI is InChI=1S/C20H23N5/c1-24-18-10-6-5-9-17(18)22-19(24)15-12-25(13-15)20-21-11-14-7-3-2-4-8-16(14)23-20/h5-6,9-11,15H,2-4,7-8,12-13H2,1H3. The topological polar surface area (TPSA) is 46.8 Å². The van der Waals surface area contributed by atoms with Gasteiger partial charge in [0.2, 0.25) is 5.95 Å². The first-order valence-electron chi connectivity index (χ1n) is 9.31. The van der Waals surface area contributed by atoms with E-state index in [1.54, 1.807) is 0 Å². The van der Waals surface area contributed by atoms with Crippen LogP contribution in [-0.4, -0.2) is 32.6 Å². The molecule has 5 rings (SSSR count). The molecule has 1 aliphatic carbocycles. The van der Waals surface area contributed by atoms with Gasteiger partial charge in [0.25, 0.3) is 0 Å². The van der Waals surface area contributed by atoms with Gasteiger partial charge in [0.05, 0.1) is 17.0 Å². The molecule has 0 atom stereocenters. The molecule has 0 unspecified atom stereocenters. The summed E-state index contributed by atoms with van der Waals surface area (Å²) in [5, 5.41) is 0. The average molecular weight is 333 g/mol. The summed E-state index contributed by atoms with van der Waals surface area (Å²) in [6, 6.07) is 8.35. The van der Waals surface area contributed by atoms with Crippen LogP contribution in [0.3, 0.4) is 0 Å². The van der Waals surface area contributed by atoms with E-state index in [-0.39, 0.29) is 0 Å². The molecule has 1 aliphatic heterocycles. The Bertz CT molecular complexity index is 923. The maximum Gasteiger partial charge on any atom is 0.225 e. The molecule has 1 saturated heterocycles. The minimum atomic E-state index is 0.458. The molecule has 0 spiro atoms. The predicted molar refractivity (Wildman–Crippen MR) is 99.0 cm³/mol. The first-order chi connectivity index (χ1) is 12.3. The molecule has 5 nitrogen and oxygen atoms in total. The number of para-hydroxylation sites is 2. The normalized spacial score (nSPS) is 18.0. The lowest BCUT2D eigenvalue weighted by Crippen LogP contribution is -2.47. The van der Waals surface area contributed by atoms with E-state index in [1.807, 2.05) is 0 Å². The van der Waals surface area contributed by atoms with Crippen molar-refractivity contribution in [2.75, 3.05) is 18.0 Å². The number of fused-ring (bicyclic) bond motifs is 2. The number of anilines is 1. The van der Waals surface area contributed by atoms with Crippen molar-refractivity contribution < 1.29 is 0 Å². The maximum absolute atomic E-state index is 4.88. The second-order valence-corrected chi connectivity index (χ2v) is 7.32. The molecule has 0 N–H and O–H groups in total. The SMILES string of the molecule is Cn1c(C2CN(c3ncc4c(n3)CCCCC4)C2)nc2ccccc21. The Balaban J connectivity index is 1.36. The van der Waals surface area contributed by atoms with E-state index < -0.39 is 0 Å². The van der Waals surface area contributed by atoms with E-state index in [1.165, 1.54) is 41.9 Å². The maximum atomic E-state index is 4.88. The van der Waals surface area contributed by atoms with Gasteiger partial charge in [0.1, 0.15) is 5.82 Å². The molecule has 1 fully saturated rings. The fourth-order valence-electron chi connectivity index (χ4n) is 4.13. The number of aryl methyl sites for hydroxylation is 3. The van der Waals surface area contributed by atoms with Gasteiger partial charge >= 0.3 is 0 Å². The molecule has 0 radical (unpaired) electrons. The lowest BCUT2D eigenvalue weighted by Gasteiger charge is -2.38. The van der Waals surface area contributed by atoms with E-state index in [2.05, 4.69) is 52.0 Å². The van der Waals surface area contributed by atoms with Crippen LogP contribution in [0.5, 0.6) is 0 Å². The zero-order valence-electron chi connectivity index (χ0n) is 14.6. The second kappa shape index (κ2) is 5.83. The molecule has 25 heavy (non-hydrogen) atoms. The van der Waals surface area contributed by atoms with Gasteiger partial charge in [-0.2, -0.15) is 0 Å². The first kappa shape index (κ1) is 14.9. The highest BCUT2D eigenvalue weighted by atomic mass is 15.3. The van der Waals surface area contributed by atoms with Gasteiger partial charge in [-0.3, -0.25) is 0 Å². The van der Waals surface area contributed by atoms with E-state index in [0.717, 1.165) is 37.4 Å². The summed E-state index contributed by atoms with van der Waals surface area (Å²) in [6.07, 6.45) is 8.14. The molecule has 0 saturated carbocycles. The molecule has 0 bridgehead atoms. The van der Waals surface area contributed by atoms with Crippen molar-refractivity contribution in [3.63, 3.8) is 0 Å². The third-order valence-electron chi connectivity index (χ3n) is 5.65. The lowest BCUT2D eigenvalue weighted by atomic mass is 10.00. The van der Waals surface area contributed by atoms with Crippen LogP contribution in [0.25, 0.3) is 11.0 Å². The quantitative estimate of drug-likeness (QED) is 0.676. The highest BCUT2D eigenvalue weighted by molar-refractivity contribution is 5.76. The molecule has 0 amide bonds. The zero-order chi connectivity index (χ0) is 16.8. The van der Waals surface area contributed by atoms with Crippen LogP contribution in [-0.2, 0) is 19.9 Å². The van der Waals surface area contributed by atoms with Crippen LogP contribution in [0.1, 0.15) is 42.3 Å². The minimum absolute atomic E-state index is 0.458. The Morgan fingerprint density at radius 1 is 1.00 bits per heavy atom. The number of rotatable bonds is 2. The van der Waals surface area contributed by atoms with Gasteiger partial charge in [-0.25, -0.2) is 15.0 Å². The van der Waals surface area contributed by atoms with Crippen LogP contribution >= 0.6 is 0 Å². The Kier molecular flexibility index (Phi) is 3.47. The molecule has 3 heterocycles. The van der Waals surface area contributed by atoms with Gasteiger partial charge in [-0.15, -0.1) is 0 Å². The number of hydrogen-bond donors (Lipinski definition) is 0. The first-order valence-corrected chi connectivity index (χ1v) is 9.31. The number of aromatic nitrogens is 4.